The van der Waals surface area contributed by atoms with Gasteiger partial charge in [0.1, 0.15) is 0 Å². The minimum atomic E-state index is 0.808. The summed E-state index contributed by atoms with van der Waals surface area (Å²) >= 11 is 0. The molecule has 1 fully saturated rings. The monoisotopic (exact) mass is 197 g/mol. The van der Waals surface area contributed by atoms with Crippen LogP contribution in [0.4, 0.5) is 0 Å². The highest BCUT2D eigenvalue weighted by Gasteiger charge is 2.16. The second kappa shape index (κ2) is 3.65. The molecule has 1 nitrogen and oxygen atoms in total. The smallest absolute Gasteiger partial charge is 0.0346 e. The average Bonchev–Trinajstić information content (AvgIpc) is 2.82. The molecular weight excluding hydrogens is 182 g/mol. The Bertz CT molecular complexity index is 469. The second-order valence-corrected chi connectivity index (χ2v) is 4.46. The summed E-state index contributed by atoms with van der Waals surface area (Å²) in [5.74, 6) is 0.808. The van der Waals surface area contributed by atoms with Crippen molar-refractivity contribution in [1.82, 2.24) is 4.98 Å². The van der Waals surface area contributed by atoms with Crippen molar-refractivity contribution < 1.29 is 0 Å². The van der Waals surface area contributed by atoms with Gasteiger partial charge >= 0.3 is 0 Å². The van der Waals surface area contributed by atoms with Crippen LogP contribution in [-0.4, -0.2) is 4.98 Å². The molecule has 1 aliphatic rings. The van der Waals surface area contributed by atoms with Crippen molar-refractivity contribution in [3.8, 4) is 0 Å². The van der Waals surface area contributed by atoms with Gasteiger partial charge in [0.2, 0.25) is 0 Å². The van der Waals surface area contributed by atoms with Gasteiger partial charge in [0.05, 0.1) is 0 Å². The standard InChI is InChI=1S/C14H15N/c1-2-4-11(3-1)12-5-6-14-10-15-8-7-13(14)9-12/h5-11H,1-4H2. The maximum Gasteiger partial charge on any atom is 0.0346 e. The summed E-state index contributed by atoms with van der Waals surface area (Å²) in [7, 11) is 0. The number of benzene rings is 1. The van der Waals surface area contributed by atoms with Crippen LogP contribution in [-0.2, 0) is 0 Å². The Kier molecular flexibility index (Phi) is 2.17. The zero-order chi connectivity index (χ0) is 10.1. The number of aromatic nitrogens is 1. The molecule has 0 radical (unpaired) electrons. The molecule has 0 N–H and O–H groups in total. The molecule has 15 heavy (non-hydrogen) atoms. The first-order chi connectivity index (χ1) is 7.43. The summed E-state index contributed by atoms with van der Waals surface area (Å²) < 4.78 is 0. The minimum absolute atomic E-state index is 0.808. The third-order valence-corrected chi connectivity index (χ3v) is 3.49. The van der Waals surface area contributed by atoms with Gasteiger partial charge in [0.25, 0.3) is 0 Å². The van der Waals surface area contributed by atoms with Crippen LogP contribution in [0.2, 0.25) is 0 Å². The van der Waals surface area contributed by atoms with Crippen LogP contribution < -0.4 is 0 Å². The van der Waals surface area contributed by atoms with Crippen LogP contribution in [0.5, 0.6) is 0 Å². The predicted octanol–water partition coefficient (Wildman–Crippen LogP) is 3.89. The summed E-state index contributed by atoms with van der Waals surface area (Å²) in [6, 6.07) is 8.93. The van der Waals surface area contributed by atoms with E-state index in [0.717, 1.165) is 5.92 Å². The van der Waals surface area contributed by atoms with E-state index in [1.807, 2.05) is 12.4 Å². The molecule has 1 aromatic heterocycles. The van der Waals surface area contributed by atoms with E-state index in [2.05, 4.69) is 29.2 Å². The molecular formula is C14H15N. The average molecular weight is 197 g/mol. The van der Waals surface area contributed by atoms with Gasteiger partial charge < -0.3 is 0 Å². The maximum absolute atomic E-state index is 4.14. The van der Waals surface area contributed by atoms with Gasteiger partial charge in [-0.15, -0.1) is 0 Å². The van der Waals surface area contributed by atoms with Crippen LogP contribution in [0.15, 0.2) is 36.7 Å². The molecule has 0 bridgehead atoms. The van der Waals surface area contributed by atoms with E-state index >= 15 is 0 Å². The van der Waals surface area contributed by atoms with Gasteiger partial charge in [-0.2, -0.15) is 0 Å². The highest BCUT2D eigenvalue weighted by atomic mass is 14.6. The van der Waals surface area contributed by atoms with E-state index in [1.54, 1.807) is 0 Å². The summed E-state index contributed by atoms with van der Waals surface area (Å²) in [6.07, 6.45) is 9.36. The fourth-order valence-corrected chi connectivity index (χ4v) is 2.61. The number of rotatable bonds is 1. The van der Waals surface area contributed by atoms with Gasteiger partial charge in [-0.05, 0) is 35.8 Å². The highest BCUT2D eigenvalue weighted by Crippen LogP contribution is 2.34. The van der Waals surface area contributed by atoms with Crippen molar-refractivity contribution in [2.45, 2.75) is 31.6 Å². The molecule has 0 saturated heterocycles. The van der Waals surface area contributed by atoms with E-state index in [4.69, 9.17) is 0 Å². The SMILES string of the molecule is c1cc2cc(C3CCCC3)ccc2cn1. The van der Waals surface area contributed by atoms with Crippen molar-refractivity contribution in [2.24, 2.45) is 0 Å². The first-order valence-corrected chi connectivity index (χ1v) is 5.77. The maximum atomic E-state index is 4.14. The molecule has 3 rings (SSSR count). The molecule has 1 aromatic carbocycles. The van der Waals surface area contributed by atoms with Crippen molar-refractivity contribution in [3.05, 3.63) is 42.2 Å². The molecule has 76 valence electrons. The van der Waals surface area contributed by atoms with E-state index in [9.17, 15) is 0 Å². The van der Waals surface area contributed by atoms with Gasteiger partial charge in [0.15, 0.2) is 0 Å². The lowest BCUT2D eigenvalue weighted by Crippen LogP contribution is -1.91. The van der Waals surface area contributed by atoms with Crippen molar-refractivity contribution in [2.75, 3.05) is 0 Å². The van der Waals surface area contributed by atoms with Crippen molar-refractivity contribution in [3.63, 3.8) is 0 Å². The van der Waals surface area contributed by atoms with Gasteiger partial charge in [0, 0.05) is 17.8 Å². The molecule has 1 aliphatic carbocycles. The lowest BCUT2D eigenvalue weighted by Gasteiger charge is -2.10. The number of hydrogen-bond acceptors (Lipinski definition) is 1. The quantitative estimate of drug-likeness (QED) is 0.675. The molecule has 0 spiro atoms. The van der Waals surface area contributed by atoms with Crippen LogP contribution in [0.25, 0.3) is 10.8 Å². The molecule has 0 amide bonds. The summed E-state index contributed by atoms with van der Waals surface area (Å²) in [5.41, 5.74) is 1.52. The number of nitrogens with zero attached hydrogens (tertiary/aromatic N) is 1. The molecule has 0 atom stereocenters. The van der Waals surface area contributed by atoms with Crippen LogP contribution in [0.3, 0.4) is 0 Å². The Labute approximate surface area is 90.2 Å². The Morgan fingerprint density at radius 1 is 1.00 bits per heavy atom. The van der Waals surface area contributed by atoms with E-state index in [-0.39, 0.29) is 0 Å². The molecule has 2 aromatic rings. The lowest BCUT2D eigenvalue weighted by atomic mass is 9.96. The normalized spacial score (nSPS) is 17.3. The van der Waals surface area contributed by atoms with Gasteiger partial charge in [-0.3, -0.25) is 4.98 Å². The molecule has 0 unspecified atom stereocenters. The fraction of sp³-hybridized carbons (Fsp3) is 0.357. The summed E-state index contributed by atoms with van der Waals surface area (Å²) in [6.45, 7) is 0. The number of fused-ring (bicyclic) bond motifs is 1. The van der Waals surface area contributed by atoms with E-state index < -0.39 is 0 Å². The zero-order valence-electron chi connectivity index (χ0n) is 8.82. The number of hydrogen-bond donors (Lipinski definition) is 0. The topological polar surface area (TPSA) is 12.9 Å². The van der Waals surface area contributed by atoms with Crippen molar-refractivity contribution >= 4 is 10.8 Å². The second-order valence-electron chi connectivity index (χ2n) is 4.46. The van der Waals surface area contributed by atoms with Crippen molar-refractivity contribution in [1.29, 1.82) is 0 Å². The predicted molar refractivity (Wildman–Crippen MR) is 63.0 cm³/mol. The summed E-state index contributed by atoms with van der Waals surface area (Å²) in [4.78, 5) is 4.14. The third kappa shape index (κ3) is 1.63. The van der Waals surface area contributed by atoms with Crippen LogP contribution >= 0.6 is 0 Å². The molecule has 0 aliphatic heterocycles. The van der Waals surface area contributed by atoms with E-state index in [0.29, 0.717) is 0 Å². The minimum Gasteiger partial charge on any atom is -0.264 e. The molecule has 1 heterocycles. The number of pyridine rings is 1. The Morgan fingerprint density at radius 2 is 1.87 bits per heavy atom. The Balaban J connectivity index is 2.05. The van der Waals surface area contributed by atoms with E-state index in [1.165, 1.54) is 42.0 Å². The summed E-state index contributed by atoms with van der Waals surface area (Å²) in [5, 5.41) is 2.58. The largest absolute Gasteiger partial charge is 0.264 e. The van der Waals surface area contributed by atoms with Crippen LogP contribution in [0, 0.1) is 0 Å². The first-order valence-electron chi connectivity index (χ1n) is 5.77. The Morgan fingerprint density at radius 3 is 2.73 bits per heavy atom. The van der Waals surface area contributed by atoms with Gasteiger partial charge in [-0.1, -0.05) is 31.0 Å². The third-order valence-electron chi connectivity index (χ3n) is 3.49. The lowest BCUT2D eigenvalue weighted by molar-refractivity contribution is 0.724. The zero-order valence-corrected chi connectivity index (χ0v) is 8.82. The highest BCUT2D eigenvalue weighted by molar-refractivity contribution is 5.82. The molecule has 1 heteroatoms. The Hall–Kier alpha value is -1.37. The van der Waals surface area contributed by atoms with Crippen LogP contribution in [0.1, 0.15) is 37.2 Å². The van der Waals surface area contributed by atoms with Gasteiger partial charge in [-0.25, -0.2) is 0 Å². The first kappa shape index (κ1) is 8.90. The fourth-order valence-electron chi connectivity index (χ4n) is 2.61. The molecule has 1 saturated carbocycles.